The summed E-state index contributed by atoms with van der Waals surface area (Å²) in [5.41, 5.74) is 1.10. The molecule has 104 valence electrons. The van der Waals surface area contributed by atoms with Crippen molar-refractivity contribution in [2.24, 2.45) is 0 Å². The fourth-order valence-corrected chi connectivity index (χ4v) is 3.01. The van der Waals surface area contributed by atoms with E-state index < -0.39 is 4.92 Å². The van der Waals surface area contributed by atoms with Gasteiger partial charge in [0.05, 0.1) is 10.5 Å². The maximum Gasteiger partial charge on any atom is 0.269 e. The van der Waals surface area contributed by atoms with Gasteiger partial charge in [-0.25, -0.2) is 0 Å². The first-order chi connectivity index (χ1) is 9.04. The van der Waals surface area contributed by atoms with Gasteiger partial charge in [0.1, 0.15) is 0 Å². The second-order valence-electron chi connectivity index (χ2n) is 5.17. The van der Waals surface area contributed by atoms with Crippen molar-refractivity contribution < 1.29 is 9.66 Å². The number of rotatable bonds is 6. The molecule has 1 aliphatic carbocycles. The van der Waals surface area contributed by atoms with Crippen LogP contribution in [0, 0.1) is 10.1 Å². The van der Waals surface area contributed by atoms with Crippen LogP contribution in [0.1, 0.15) is 31.2 Å². The van der Waals surface area contributed by atoms with Gasteiger partial charge in [0, 0.05) is 24.6 Å². The van der Waals surface area contributed by atoms with Crippen molar-refractivity contribution in [1.82, 2.24) is 0 Å². The lowest BCUT2D eigenvalue weighted by atomic mass is 9.76. The summed E-state index contributed by atoms with van der Waals surface area (Å²) < 4.78 is 5.56. The van der Waals surface area contributed by atoms with Crippen molar-refractivity contribution in [2.45, 2.75) is 43.1 Å². The lowest BCUT2D eigenvalue weighted by Crippen LogP contribution is -2.41. The van der Waals surface area contributed by atoms with Crippen LogP contribution in [0.4, 0.5) is 5.69 Å². The van der Waals surface area contributed by atoms with E-state index in [9.17, 15) is 10.1 Å². The zero-order valence-electron chi connectivity index (χ0n) is 11.0. The third-order valence-corrected chi connectivity index (χ3v) is 4.20. The monoisotopic (exact) mass is 283 g/mol. The summed E-state index contributed by atoms with van der Waals surface area (Å²) in [6.07, 6.45) is 4.90. The summed E-state index contributed by atoms with van der Waals surface area (Å²) in [4.78, 5) is 10.2. The molecular formula is C14H18ClNO3. The maximum atomic E-state index is 10.6. The van der Waals surface area contributed by atoms with E-state index in [0.717, 1.165) is 24.8 Å². The van der Waals surface area contributed by atoms with E-state index in [2.05, 4.69) is 0 Å². The Morgan fingerprint density at radius 3 is 2.47 bits per heavy atom. The van der Waals surface area contributed by atoms with Gasteiger partial charge in [-0.3, -0.25) is 10.1 Å². The molecule has 0 bridgehead atoms. The highest BCUT2D eigenvalue weighted by Crippen LogP contribution is 2.40. The largest absolute Gasteiger partial charge is 0.378 e. The summed E-state index contributed by atoms with van der Waals surface area (Å²) in [6, 6.07) is 6.59. The van der Waals surface area contributed by atoms with Crippen LogP contribution >= 0.6 is 11.6 Å². The lowest BCUT2D eigenvalue weighted by Gasteiger charge is -2.41. The number of nitro benzene ring substituents is 1. The molecule has 1 atom stereocenters. The standard InChI is InChI=1S/C14H18ClNO3/c1-19-14(7-2-8-14)10-12(15)9-11-3-5-13(6-4-11)16(17)18/h3-6,12H,2,7-10H2,1H3. The number of non-ortho nitro benzene ring substituents is 1. The van der Waals surface area contributed by atoms with Gasteiger partial charge in [0.25, 0.3) is 5.69 Å². The van der Waals surface area contributed by atoms with Gasteiger partial charge in [-0.05, 0) is 37.7 Å². The van der Waals surface area contributed by atoms with Crippen LogP contribution in [0.2, 0.25) is 0 Å². The Morgan fingerprint density at radius 2 is 2.05 bits per heavy atom. The zero-order valence-corrected chi connectivity index (χ0v) is 11.7. The molecular weight excluding hydrogens is 266 g/mol. The summed E-state index contributed by atoms with van der Waals surface area (Å²) >= 11 is 6.38. The molecule has 1 aromatic rings. The molecule has 1 unspecified atom stereocenters. The SMILES string of the molecule is COC1(CC(Cl)Cc2ccc([N+](=O)[O-])cc2)CCC1. The predicted molar refractivity (Wildman–Crippen MR) is 74.6 cm³/mol. The van der Waals surface area contributed by atoms with E-state index in [1.807, 2.05) is 0 Å². The minimum Gasteiger partial charge on any atom is -0.378 e. The lowest BCUT2D eigenvalue weighted by molar-refractivity contribution is -0.384. The van der Waals surface area contributed by atoms with Gasteiger partial charge in [0.2, 0.25) is 0 Å². The Kier molecular flexibility index (Phi) is 4.42. The van der Waals surface area contributed by atoms with Crippen molar-refractivity contribution in [3.8, 4) is 0 Å². The highest BCUT2D eigenvalue weighted by Gasteiger charge is 2.38. The van der Waals surface area contributed by atoms with Crippen molar-refractivity contribution in [2.75, 3.05) is 7.11 Å². The Morgan fingerprint density at radius 1 is 1.42 bits per heavy atom. The highest BCUT2D eigenvalue weighted by molar-refractivity contribution is 6.20. The molecule has 2 rings (SSSR count). The van der Waals surface area contributed by atoms with Gasteiger partial charge >= 0.3 is 0 Å². The summed E-state index contributed by atoms with van der Waals surface area (Å²) in [5.74, 6) is 0. The molecule has 0 spiro atoms. The first-order valence-corrected chi connectivity index (χ1v) is 6.91. The first kappa shape index (κ1) is 14.3. The van der Waals surface area contributed by atoms with Crippen LogP contribution < -0.4 is 0 Å². The molecule has 1 aliphatic rings. The third kappa shape index (κ3) is 3.45. The van der Waals surface area contributed by atoms with Crippen LogP contribution in [0.25, 0.3) is 0 Å². The molecule has 0 heterocycles. The van der Waals surface area contributed by atoms with Crippen LogP contribution in [-0.2, 0) is 11.2 Å². The Hall–Kier alpha value is -1.13. The fraction of sp³-hybridized carbons (Fsp3) is 0.571. The number of alkyl halides is 1. The maximum absolute atomic E-state index is 10.6. The van der Waals surface area contributed by atoms with Crippen LogP contribution in [0.5, 0.6) is 0 Å². The molecule has 0 aromatic heterocycles. The molecule has 19 heavy (non-hydrogen) atoms. The molecule has 0 radical (unpaired) electrons. The minimum absolute atomic E-state index is 0.00158. The van der Waals surface area contributed by atoms with E-state index in [1.165, 1.54) is 18.6 Å². The number of methoxy groups -OCH3 is 1. The normalized spacial score (nSPS) is 18.6. The molecule has 0 saturated heterocycles. The van der Waals surface area contributed by atoms with Gasteiger partial charge in [-0.1, -0.05) is 12.1 Å². The first-order valence-electron chi connectivity index (χ1n) is 6.47. The average molecular weight is 284 g/mol. The average Bonchev–Trinajstić information content (AvgIpc) is 2.34. The van der Waals surface area contributed by atoms with Gasteiger partial charge < -0.3 is 4.74 Å². The van der Waals surface area contributed by atoms with Crippen LogP contribution in [-0.4, -0.2) is 23.0 Å². The molecule has 1 saturated carbocycles. The van der Waals surface area contributed by atoms with Crippen LogP contribution in [0.3, 0.4) is 0 Å². The Labute approximate surface area is 117 Å². The Balaban J connectivity index is 1.91. The van der Waals surface area contributed by atoms with Gasteiger partial charge in [-0.2, -0.15) is 0 Å². The number of hydrogen-bond donors (Lipinski definition) is 0. The van der Waals surface area contributed by atoms with E-state index in [4.69, 9.17) is 16.3 Å². The quantitative estimate of drug-likeness (QED) is 0.454. The molecule has 0 aliphatic heterocycles. The number of hydrogen-bond acceptors (Lipinski definition) is 3. The number of nitro groups is 1. The zero-order chi connectivity index (χ0) is 13.9. The van der Waals surface area contributed by atoms with Crippen molar-refractivity contribution in [3.05, 3.63) is 39.9 Å². The molecule has 0 N–H and O–H groups in total. The third-order valence-electron chi connectivity index (χ3n) is 3.90. The number of halogens is 1. The van der Waals surface area contributed by atoms with Crippen molar-refractivity contribution >= 4 is 17.3 Å². The van der Waals surface area contributed by atoms with E-state index >= 15 is 0 Å². The summed E-state index contributed by atoms with van der Waals surface area (Å²) in [5, 5.41) is 10.6. The van der Waals surface area contributed by atoms with Crippen molar-refractivity contribution in [1.29, 1.82) is 0 Å². The number of ether oxygens (including phenoxy) is 1. The summed E-state index contributed by atoms with van der Waals surface area (Å²) in [7, 11) is 1.74. The fourth-order valence-electron chi connectivity index (χ4n) is 2.55. The van der Waals surface area contributed by atoms with Gasteiger partial charge in [0.15, 0.2) is 0 Å². The molecule has 4 nitrogen and oxygen atoms in total. The minimum atomic E-state index is -0.393. The highest BCUT2D eigenvalue weighted by atomic mass is 35.5. The number of benzene rings is 1. The second kappa shape index (κ2) is 5.88. The predicted octanol–water partition coefficient (Wildman–Crippen LogP) is 3.70. The molecule has 5 heteroatoms. The van der Waals surface area contributed by atoms with E-state index in [1.54, 1.807) is 19.2 Å². The van der Waals surface area contributed by atoms with Gasteiger partial charge in [-0.15, -0.1) is 11.6 Å². The molecule has 1 aromatic carbocycles. The smallest absolute Gasteiger partial charge is 0.269 e. The van der Waals surface area contributed by atoms with Crippen LogP contribution in [0.15, 0.2) is 24.3 Å². The Bertz CT molecular complexity index is 437. The topological polar surface area (TPSA) is 52.4 Å². The van der Waals surface area contributed by atoms with Crippen molar-refractivity contribution in [3.63, 3.8) is 0 Å². The molecule has 1 fully saturated rings. The van der Waals surface area contributed by atoms with E-state index in [-0.39, 0.29) is 16.7 Å². The number of nitrogens with zero attached hydrogens (tertiary/aromatic N) is 1. The summed E-state index contributed by atoms with van der Waals surface area (Å²) in [6.45, 7) is 0. The second-order valence-corrected chi connectivity index (χ2v) is 5.79. The van der Waals surface area contributed by atoms with E-state index in [0.29, 0.717) is 6.42 Å². The molecule has 0 amide bonds.